The third kappa shape index (κ3) is 3.67. The molecule has 10 atom stereocenters. The monoisotopic (exact) mass is 356 g/mol. The van der Waals surface area contributed by atoms with Crippen LogP contribution in [0.25, 0.3) is 0 Å². The summed E-state index contributed by atoms with van der Waals surface area (Å²) in [5, 5.41) is 75.8. The second-order valence-corrected chi connectivity index (χ2v) is 5.61. The Balaban J connectivity index is 1.98. The summed E-state index contributed by atoms with van der Waals surface area (Å²) in [5.41, 5.74) is 0. The van der Waals surface area contributed by atoms with Crippen LogP contribution in [-0.4, -0.2) is 115 Å². The first-order chi connectivity index (χ1) is 11.1. The lowest BCUT2D eigenvalue weighted by molar-refractivity contribution is -0.321. The molecule has 0 saturated carbocycles. The van der Waals surface area contributed by atoms with Crippen molar-refractivity contribution in [1.82, 2.24) is 0 Å². The van der Waals surface area contributed by atoms with Crippen molar-refractivity contribution < 1.29 is 59.9 Å². The molecule has 12 nitrogen and oxygen atoms in total. The minimum absolute atomic E-state index is 0.584. The van der Waals surface area contributed by atoms with Crippen LogP contribution < -0.4 is 0 Å². The quantitative estimate of drug-likeness (QED) is 0.238. The molecule has 1 unspecified atom stereocenters. The van der Waals surface area contributed by atoms with Gasteiger partial charge in [0.1, 0.15) is 42.7 Å². The average molecular weight is 356 g/mol. The van der Waals surface area contributed by atoms with E-state index in [0.29, 0.717) is 0 Å². The highest BCUT2D eigenvalue weighted by Gasteiger charge is 2.49. The molecule has 0 bridgehead atoms. The number of rotatable bonds is 4. The lowest BCUT2D eigenvalue weighted by Crippen LogP contribution is -2.62. The smallest absolute Gasteiger partial charge is 0.335 e. The van der Waals surface area contributed by atoms with Crippen LogP contribution in [0.15, 0.2) is 0 Å². The van der Waals surface area contributed by atoms with Gasteiger partial charge in [-0.3, -0.25) is 0 Å². The molecule has 24 heavy (non-hydrogen) atoms. The Morgan fingerprint density at radius 3 is 1.96 bits per heavy atom. The average Bonchev–Trinajstić information content (AvgIpc) is 2.54. The molecule has 0 aromatic heterocycles. The molecule has 0 aliphatic carbocycles. The van der Waals surface area contributed by atoms with Gasteiger partial charge < -0.3 is 55.1 Å². The molecule has 2 rings (SSSR count). The molecule has 2 aliphatic rings. The van der Waals surface area contributed by atoms with E-state index in [2.05, 4.69) is 0 Å². The van der Waals surface area contributed by atoms with E-state index in [1.165, 1.54) is 0 Å². The summed E-state index contributed by atoms with van der Waals surface area (Å²) < 4.78 is 14.7. The number of ether oxygens (including phenoxy) is 3. The van der Waals surface area contributed by atoms with Crippen molar-refractivity contribution >= 4 is 5.97 Å². The van der Waals surface area contributed by atoms with Crippen molar-refractivity contribution in [3.63, 3.8) is 0 Å². The zero-order valence-electron chi connectivity index (χ0n) is 12.2. The number of carbonyl (C=O) groups is 1. The Morgan fingerprint density at radius 2 is 1.38 bits per heavy atom. The van der Waals surface area contributed by atoms with Crippen LogP contribution in [0.1, 0.15) is 0 Å². The van der Waals surface area contributed by atoms with Gasteiger partial charge in [-0.15, -0.1) is 0 Å². The Hall–Kier alpha value is -0.930. The van der Waals surface area contributed by atoms with Gasteiger partial charge in [-0.25, -0.2) is 4.79 Å². The molecule has 8 N–H and O–H groups in total. The second-order valence-electron chi connectivity index (χ2n) is 5.61. The van der Waals surface area contributed by atoms with Gasteiger partial charge in [0.25, 0.3) is 0 Å². The van der Waals surface area contributed by atoms with E-state index in [1.54, 1.807) is 0 Å². The SMILES string of the molecule is O=C(O)[C@H]1O[C@H](OC[C@H]2OC(O)[C@H](O)[C@@H](O)[C@@H]2O)[C@H](O)[C@@H](O)[C@H]1O. The van der Waals surface area contributed by atoms with Crippen LogP contribution in [0, 0.1) is 0 Å². The minimum Gasteiger partial charge on any atom is -0.479 e. The predicted octanol–water partition coefficient (Wildman–Crippen LogP) is -5.30. The summed E-state index contributed by atoms with van der Waals surface area (Å²) in [7, 11) is 0. The summed E-state index contributed by atoms with van der Waals surface area (Å²) in [6.45, 7) is -0.584. The Morgan fingerprint density at radius 1 is 0.792 bits per heavy atom. The van der Waals surface area contributed by atoms with Gasteiger partial charge in [0.05, 0.1) is 6.61 Å². The van der Waals surface area contributed by atoms with Crippen LogP contribution in [0.5, 0.6) is 0 Å². The van der Waals surface area contributed by atoms with Gasteiger partial charge >= 0.3 is 5.97 Å². The van der Waals surface area contributed by atoms with Gasteiger partial charge in [-0.1, -0.05) is 0 Å². The Bertz CT molecular complexity index is 446. The van der Waals surface area contributed by atoms with Gasteiger partial charge in [-0.05, 0) is 0 Å². The molecule has 0 aromatic rings. The van der Waals surface area contributed by atoms with Gasteiger partial charge in [0.15, 0.2) is 18.7 Å². The zero-order chi connectivity index (χ0) is 18.2. The van der Waals surface area contributed by atoms with Crippen LogP contribution in [0.3, 0.4) is 0 Å². The number of carboxylic acids is 1. The van der Waals surface area contributed by atoms with E-state index in [-0.39, 0.29) is 0 Å². The fraction of sp³-hybridized carbons (Fsp3) is 0.917. The molecule has 2 saturated heterocycles. The molecule has 0 radical (unpaired) electrons. The number of aliphatic carboxylic acids is 1. The number of carboxylic acid groups (broad SMARTS) is 1. The highest BCUT2D eigenvalue weighted by atomic mass is 16.7. The lowest BCUT2D eigenvalue weighted by atomic mass is 9.98. The van der Waals surface area contributed by atoms with Gasteiger partial charge in [0, 0.05) is 0 Å². The first-order valence-corrected chi connectivity index (χ1v) is 7.07. The van der Waals surface area contributed by atoms with Crippen LogP contribution in [-0.2, 0) is 19.0 Å². The Labute approximate surface area is 135 Å². The molecule has 0 spiro atoms. The van der Waals surface area contributed by atoms with Crippen molar-refractivity contribution in [1.29, 1.82) is 0 Å². The van der Waals surface area contributed by atoms with E-state index in [4.69, 9.17) is 19.3 Å². The molecule has 12 heteroatoms. The molecule has 0 amide bonds. The van der Waals surface area contributed by atoms with Gasteiger partial charge in [0.2, 0.25) is 0 Å². The maximum absolute atomic E-state index is 11.0. The first-order valence-electron chi connectivity index (χ1n) is 7.07. The standard InChI is InChI=1S/C12H20O12/c13-3-2(23-11(21)7(17)4(3)14)1-22-12-8(18)5(15)6(16)9(24-12)10(19)20/h2-9,11-18,21H,1H2,(H,19,20)/t2-,3-,4+,5+,6-,7-,8-,9+,11?,12+/m1/s1. The second kappa shape index (κ2) is 7.53. The summed E-state index contributed by atoms with van der Waals surface area (Å²) in [4.78, 5) is 11.0. The van der Waals surface area contributed by atoms with E-state index < -0.39 is 74.0 Å². The topological polar surface area (TPSA) is 207 Å². The molecule has 2 aliphatic heterocycles. The molecule has 140 valence electrons. The molecular weight excluding hydrogens is 336 g/mol. The minimum atomic E-state index is -1.88. The summed E-state index contributed by atoms with van der Waals surface area (Å²) >= 11 is 0. The molecular formula is C12H20O12. The van der Waals surface area contributed by atoms with Crippen molar-refractivity contribution in [3.05, 3.63) is 0 Å². The zero-order valence-corrected chi connectivity index (χ0v) is 12.2. The van der Waals surface area contributed by atoms with Crippen molar-refractivity contribution in [2.24, 2.45) is 0 Å². The van der Waals surface area contributed by atoms with Crippen molar-refractivity contribution in [2.45, 2.75) is 61.4 Å². The van der Waals surface area contributed by atoms with E-state index >= 15 is 0 Å². The fourth-order valence-electron chi connectivity index (χ4n) is 2.45. The number of aliphatic hydroxyl groups excluding tert-OH is 7. The molecule has 2 fully saturated rings. The number of hydrogen-bond acceptors (Lipinski definition) is 11. The van der Waals surface area contributed by atoms with Gasteiger partial charge in [-0.2, -0.15) is 0 Å². The predicted molar refractivity (Wildman–Crippen MR) is 69.2 cm³/mol. The summed E-state index contributed by atoms with van der Waals surface area (Å²) in [5.74, 6) is -1.59. The maximum atomic E-state index is 11.0. The third-order valence-corrected chi connectivity index (χ3v) is 3.92. The van der Waals surface area contributed by atoms with E-state index in [9.17, 15) is 40.5 Å². The summed E-state index contributed by atoms with van der Waals surface area (Å²) in [6, 6.07) is 0. The highest BCUT2D eigenvalue weighted by molar-refractivity contribution is 5.73. The fourth-order valence-corrected chi connectivity index (χ4v) is 2.45. The van der Waals surface area contributed by atoms with Crippen LogP contribution in [0.2, 0.25) is 0 Å². The van der Waals surface area contributed by atoms with Crippen LogP contribution in [0.4, 0.5) is 0 Å². The van der Waals surface area contributed by atoms with Crippen molar-refractivity contribution in [2.75, 3.05) is 6.61 Å². The molecule has 2 heterocycles. The number of aliphatic hydroxyl groups is 7. The maximum Gasteiger partial charge on any atom is 0.335 e. The normalized spacial score (nSPS) is 49.8. The van der Waals surface area contributed by atoms with E-state index in [1.807, 2.05) is 0 Å². The number of hydrogen-bond donors (Lipinski definition) is 8. The first kappa shape index (κ1) is 19.4. The third-order valence-electron chi connectivity index (χ3n) is 3.92. The van der Waals surface area contributed by atoms with E-state index in [0.717, 1.165) is 0 Å². The lowest BCUT2D eigenvalue weighted by Gasteiger charge is -2.41. The van der Waals surface area contributed by atoms with Crippen LogP contribution >= 0.6 is 0 Å². The summed E-state index contributed by atoms with van der Waals surface area (Å²) in [6.07, 6.45) is -17.3. The Kier molecular flexibility index (Phi) is 6.09. The largest absolute Gasteiger partial charge is 0.479 e. The van der Waals surface area contributed by atoms with Crippen molar-refractivity contribution in [3.8, 4) is 0 Å². The highest BCUT2D eigenvalue weighted by Crippen LogP contribution is 2.25. The molecule has 0 aromatic carbocycles.